The third-order valence-corrected chi connectivity index (χ3v) is 3.06. The maximum atomic E-state index is 9.82. The van der Waals surface area contributed by atoms with Crippen LogP contribution in [-0.2, 0) is 9.47 Å². The van der Waals surface area contributed by atoms with Gasteiger partial charge in [0, 0.05) is 13.0 Å². The van der Waals surface area contributed by atoms with Crippen LogP contribution in [0.25, 0.3) is 0 Å². The van der Waals surface area contributed by atoms with E-state index in [1.54, 1.807) is 0 Å². The molecule has 13 heavy (non-hydrogen) atoms. The molecule has 4 unspecified atom stereocenters. The van der Waals surface area contributed by atoms with Crippen LogP contribution in [0.2, 0.25) is 0 Å². The summed E-state index contributed by atoms with van der Waals surface area (Å²) in [6.07, 6.45) is -0.165. The van der Waals surface area contributed by atoms with Crippen molar-refractivity contribution in [3.05, 3.63) is 0 Å². The van der Waals surface area contributed by atoms with Crippen LogP contribution in [0.5, 0.6) is 0 Å². The summed E-state index contributed by atoms with van der Waals surface area (Å²) in [6.45, 7) is 4.47. The molecule has 0 aliphatic carbocycles. The van der Waals surface area contributed by atoms with Crippen molar-refractivity contribution >= 4 is 0 Å². The van der Waals surface area contributed by atoms with Gasteiger partial charge in [-0.05, 0) is 13.8 Å². The molecule has 0 bridgehead atoms. The van der Waals surface area contributed by atoms with E-state index in [4.69, 9.17) is 14.6 Å². The average Bonchev–Trinajstić information content (AvgIpc) is 2.92. The molecule has 0 aromatic heterocycles. The van der Waals surface area contributed by atoms with Gasteiger partial charge < -0.3 is 19.7 Å². The molecule has 0 aromatic rings. The van der Waals surface area contributed by atoms with Crippen LogP contribution in [-0.4, -0.2) is 46.8 Å². The smallest absolute Gasteiger partial charge is 0.117 e. The lowest BCUT2D eigenvalue weighted by atomic mass is 9.93. The molecule has 2 aliphatic heterocycles. The van der Waals surface area contributed by atoms with Crippen LogP contribution in [0.15, 0.2) is 0 Å². The predicted octanol–water partition coefficient (Wildman–Crippen LogP) is -0.324. The molecule has 2 N–H and O–H groups in total. The second-order valence-electron chi connectivity index (χ2n) is 4.37. The summed E-state index contributed by atoms with van der Waals surface area (Å²) in [5.74, 6) is 0. The van der Waals surface area contributed by atoms with E-state index in [2.05, 4.69) is 0 Å². The van der Waals surface area contributed by atoms with Gasteiger partial charge in [0.2, 0.25) is 0 Å². The molecule has 4 heteroatoms. The quantitative estimate of drug-likeness (QED) is 0.593. The van der Waals surface area contributed by atoms with Gasteiger partial charge in [0.05, 0.1) is 12.2 Å². The Balaban J connectivity index is 1.91. The van der Waals surface area contributed by atoms with Gasteiger partial charge in [-0.15, -0.1) is 0 Å². The van der Waals surface area contributed by atoms with Gasteiger partial charge in [-0.3, -0.25) is 0 Å². The van der Waals surface area contributed by atoms with E-state index in [0.29, 0.717) is 13.0 Å². The van der Waals surface area contributed by atoms with Crippen LogP contribution in [0.1, 0.15) is 20.3 Å². The highest BCUT2D eigenvalue weighted by molar-refractivity contribution is 5.11. The number of ether oxygens (including phenoxy) is 2. The third-order valence-electron chi connectivity index (χ3n) is 3.06. The van der Waals surface area contributed by atoms with E-state index >= 15 is 0 Å². The summed E-state index contributed by atoms with van der Waals surface area (Å²) in [5, 5.41) is 18.6. The van der Waals surface area contributed by atoms with Crippen molar-refractivity contribution in [3.63, 3.8) is 0 Å². The lowest BCUT2D eigenvalue weighted by Gasteiger charge is -2.13. The molecular weight excluding hydrogens is 172 g/mol. The number of rotatable bonds is 4. The summed E-state index contributed by atoms with van der Waals surface area (Å²) in [4.78, 5) is 0. The summed E-state index contributed by atoms with van der Waals surface area (Å²) < 4.78 is 10.5. The fourth-order valence-electron chi connectivity index (χ4n) is 1.68. The molecule has 2 rings (SSSR count). The highest BCUT2D eigenvalue weighted by atomic mass is 16.6. The standard InChI is InChI=1S/C9H16O4/c1-8(3-4-10)7(13-8)6(11)9(2)5-12-9/h6-7,10-11H,3-5H2,1-2H3. The van der Waals surface area contributed by atoms with E-state index in [9.17, 15) is 5.11 Å². The molecule has 0 radical (unpaired) electrons. The molecule has 0 saturated carbocycles. The van der Waals surface area contributed by atoms with Crippen molar-refractivity contribution in [1.82, 2.24) is 0 Å². The first-order chi connectivity index (χ1) is 6.02. The van der Waals surface area contributed by atoms with E-state index in [1.807, 2.05) is 13.8 Å². The predicted molar refractivity (Wildman–Crippen MR) is 45.3 cm³/mol. The Kier molecular flexibility index (Phi) is 1.93. The van der Waals surface area contributed by atoms with E-state index in [-0.39, 0.29) is 18.3 Å². The number of epoxide rings is 2. The minimum absolute atomic E-state index is 0.0945. The average molecular weight is 188 g/mol. The molecule has 2 heterocycles. The SMILES string of the molecule is CC1(C(O)C2OC2(C)CCO)CO1. The van der Waals surface area contributed by atoms with Crippen LogP contribution in [0.4, 0.5) is 0 Å². The van der Waals surface area contributed by atoms with E-state index in [1.165, 1.54) is 0 Å². The zero-order valence-electron chi connectivity index (χ0n) is 7.99. The molecule has 0 spiro atoms. The minimum Gasteiger partial charge on any atom is -0.396 e. The number of hydrogen-bond donors (Lipinski definition) is 2. The van der Waals surface area contributed by atoms with Gasteiger partial charge in [0.25, 0.3) is 0 Å². The maximum Gasteiger partial charge on any atom is 0.117 e. The Labute approximate surface area is 77.5 Å². The van der Waals surface area contributed by atoms with Crippen molar-refractivity contribution < 1.29 is 19.7 Å². The minimum atomic E-state index is -0.566. The summed E-state index contributed by atoms with van der Waals surface area (Å²) >= 11 is 0. The lowest BCUT2D eigenvalue weighted by Crippen LogP contribution is -2.35. The molecule has 4 atom stereocenters. The lowest BCUT2D eigenvalue weighted by molar-refractivity contribution is 0.0593. The second-order valence-corrected chi connectivity index (χ2v) is 4.37. The molecule has 2 aliphatic rings. The topological polar surface area (TPSA) is 65.5 Å². The molecular formula is C9H16O4. The largest absolute Gasteiger partial charge is 0.396 e. The maximum absolute atomic E-state index is 9.82. The first-order valence-electron chi connectivity index (χ1n) is 4.62. The summed E-state index contributed by atoms with van der Waals surface area (Å²) in [7, 11) is 0. The first-order valence-corrected chi connectivity index (χ1v) is 4.62. The summed E-state index contributed by atoms with van der Waals surface area (Å²) in [6, 6.07) is 0. The Hall–Kier alpha value is -0.160. The Morgan fingerprint density at radius 3 is 2.62 bits per heavy atom. The van der Waals surface area contributed by atoms with Gasteiger partial charge in [0.1, 0.15) is 17.8 Å². The summed E-state index contributed by atoms with van der Waals surface area (Å²) in [5.41, 5.74) is -0.749. The van der Waals surface area contributed by atoms with Crippen molar-refractivity contribution in [2.24, 2.45) is 0 Å². The first kappa shape index (κ1) is 9.40. The van der Waals surface area contributed by atoms with Crippen molar-refractivity contribution in [2.45, 2.75) is 43.7 Å². The fraction of sp³-hybridized carbons (Fsp3) is 1.00. The Morgan fingerprint density at radius 2 is 2.15 bits per heavy atom. The monoisotopic (exact) mass is 188 g/mol. The van der Waals surface area contributed by atoms with Crippen LogP contribution >= 0.6 is 0 Å². The van der Waals surface area contributed by atoms with E-state index < -0.39 is 11.7 Å². The van der Waals surface area contributed by atoms with Gasteiger partial charge in [-0.25, -0.2) is 0 Å². The van der Waals surface area contributed by atoms with Gasteiger partial charge in [-0.1, -0.05) is 0 Å². The zero-order valence-corrected chi connectivity index (χ0v) is 7.99. The van der Waals surface area contributed by atoms with Crippen LogP contribution in [0, 0.1) is 0 Å². The molecule has 76 valence electrons. The van der Waals surface area contributed by atoms with Crippen LogP contribution < -0.4 is 0 Å². The molecule has 4 nitrogen and oxygen atoms in total. The Morgan fingerprint density at radius 1 is 1.54 bits per heavy atom. The van der Waals surface area contributed by atoms with Gasteiger partial charge >= 0.3 is 0 Å². The molecule has 0 amide bonds. The third kappa shape index (κ3) is 1.48. The number of aliphatic hydroxyl groups is 2. The van der Waals surface area contributed by atoms with Crippen molar-refractivity contribution in [3.8, 4) is 0 Å². The second kappa shape index (κ2) is 2.67. The number of aliphatic hydroxyl groups excluding tert-OH is 2. The zero-order chi connectivity index (χ0) is 9.69. The highest BCUT2D eigenvalue weighted by Crippen LogP contribution is 2.47. The highest BCUT2D eigenvalue weighted by Gasteiger charge is 2.63. The van der Waals surface area contributed by atoms with Crippen molar-refractivity contribution in [1.29, 1.82) is 0 Å². The van der Waals surface area contributed by atoms with Crippen molar-refractivity contribution in [2.75, 3.05) is 13.2 Å². The normalized spacial score (nSPS) is 50.3. The molecule has 2 fully saturated rings. The number of hydrogen-bond acceptors (Lipinski definition) is 4. The molecule has 0 aromatic carbocycles. The van der Waals surface area contributed by atoms with E-state index in [0.717, 1.165) is 0 Å². The fourth-order valence-corrected chi connectivity index (χ4v) is 1.68. The van der Waals surface area contributed by atoms with Gasteiger partial charge in [0.15, 0.2) is 0 Å². The van der Waals surface area contributed by atoms with Crippen LogP contribution in [0.3, 0.4) is 0 Å². The van der Waals surface area contributed by atoms with Gasteiger partial charge in [-0.2, -0.15) is 0 Å². The molecule has 2 saturated heterocycles. The Bertz CT molecular complexity index is 214.